The number of nitrogens with one attached hydrogen (secondary N) is 1. The summed E-state index contributed by atoms with van der Waals surface area (Å²) in [6.45, 7) is 4.10. The second kappa shape index (κ2) is 6.47. The van der Waals surface area contributed by atoms with Gasteiger partial charge in [0.2, 0.25) is 0 Å². The Balaban J connectivity index is 1.90. The van der Waals surface area contributed by atoms with Crippen LogP contribution < -0.4 is 0 Å². The molecule has 0 aromatic carbocycles. The van der Waals surface area contributed by atoms with Gasteiger partial charge in [0.25, 0.3) is 0 Å². The number of pyridine rings is 1. The van der Waals surface area contributed by atoms with E-state index in [1.807, 2.05) is 29.3 Å². The predicted molar refractivity (Wildman–Crippen MR) is 120 cm³/mol. The molecule has 5 aromatic rings. The lowest BCUT2D eigenvalue weighted by Crippen LogP contribution is -2.14. The topological polar surface area (TPSA) is 75.9 Å². The van der Waals surface area contributed by atoms with E-state index < -0.39 is 9.93 Å². The molecule has 0 bridgehead atoms. The van der Waals surface area contributed by atoms with Crippen molar-refractivity contribution < 1.29 is 4.21 Å². The first-order chi connectivity index (χ1) is 13.5. The normalized spacial score (nSPS) is 13.2. The van der Waals surface area contributed by atoms with E-state index in [2.05, 4.69) is 28.1 Å². The summed E-state index contributed by atoms with van der Waals surface area (Å²) in [5, 5.41) is 8.44. The average molecular weight is 432 g/mol. The third-order valence-corrected chi connectivity index (χ3v) is 10.5. The van der Waals surface area contributed by atoms with Gasteiger partial charge in [-0.1, -0.05) is 23.3 Å². The maximum absolute atomic E-state index is 13.6. The van der Waals surface area contributed by atoms with Crippen LogP contribution in [-0.2, 0) is 9.93 Å². The highest BCUT2D eigenvalue weighted by molar-refractivity contribution is 8.04. The van der Waals surface area contributed by atoms with Crippen molar-refractivity contribution in [2.45, 2.75) is 30.9 Å². The van der Waals surface area contributed by atoms with Gasteiger partial charge in [0.05, 0.1) is 21.4 Å². The van der Waals surface area contributed by atoms with Crippen molar-refractivity contribution in [1.29, 1.82) is 0 Å². The van der Waals surface area contributed by atoms with Gasteiger partial charge in [0, 0.05) is 28.1 Å². The Labute approximate surface area is 171 Å². The molecule has 0 radical (unpaired) electrons. The van der Waals surface area contributed by atoms with E-state index in [1.165, 1.54) is 0 Å². The molecule has 0 unspecified atom stereocenters. The molecule has 5 aromatic heterocycles. The minimum absolute atomic E-state index is 0.718. The number of nitrogens with zero attached hydrogens (tertiary/aromatic N) is 4. The molecule has 28 heavy (non-hydrogen) atoms. The number of aryl methyl sites for hydroxylation is 1. The number of rotatable bonds is 5. The van der Waals surface area contributed by atoms with E-state index in [1.54, 1.807) is 28.9 Å². The monoisotopic (exact) mass is 431 g/mol. The summed E-state index contributed by atoms with van der Waals surface area (Å²) >= 11 is 3.13. The fourth-order valence-electron chi connectivity index (χ4n) is 3.63. The number of hydrogen-bond acceptors (Lipinski definition) is 6. The lowest BCUT2D eigenvalue weighted by Gasteiger charge is -2.17. The first-order valence-electron chi connectivity index (χ1n) is 9.26. The maximum atomic E-state index is 13.6. The lowest BCUT2D eigenvalue weighted by molar-refractivity contribution is 0.672. The first-order valence-corrected chi connectivity index (χ1v) is 13.3. The van der Waals surface area contributed by atoms with Crippen LogP contribution >= 0.6 is 22.7 Å². The molecule has 0 saturated heterocycles. The Kier molecular flexibility index (Phi) is 4.15. The van der Waals surface area contributed by atoms with Crippen molar-refractivity contribution in [3.63, 3.8) is 0 Å². The number of hydrogen-bond donors (Lipinski definition) is 2. The highest BCUT2D eigenvalue weighted by atomic mass is 32.3. The number of aromatic amines is 1. The SMILES string of the molecule is CCCC[SH](C)(=O)c1sc2nc(-c3nccs3)cc3c2c1[nH]n1c(C)ncc31. The molecule has 0 spiro atoms. The summed E-state index contributed by atoms with van der Waals surface area (Å²) in [7, 11) is -2.49. The fourth-order valence-corrected chi connectivity index (χ4v) is 8.19. The zero-order valence-corrected chi connectivity index (χ0v) is 18.4. The molecular formula is C19H21N5OS3. The van der Waals surface area contributed by atoms with Crippen molar-refractivity contribution in [2.24, 2.45) is 0 Å². The summed E-state index contributed by atoms with van der Waals surface area (Å²) in [5.74, 6) is 1.59. The molecule has 6 nitrogen and oxygen atoms in total. The Morgan fingerprint density at radius 1 is 1.32 bits per heavy atom. The Hall–Kier alpha value is -2.10. The molecular weight excluding hydrogens is 410 g/mol. The first kappa shape index (κ1) is 18.0. The molecule has 0 saturated carbocycles. The molecule has 0 fully saturated rings. The van der Waals surface area contributed by atoms with Gasteiger partial charge in [-0.25, -0.2) is 19.5 Å². The van der Waals surface area contributed by atoms with Crippen molar-refractivity contribution in [3.8, 4) is 10.7 Å². The minimum Gasteiger partial charge on any atom is -0.290 e. The number of thiophene rings is 1. The Morgan fingerprint density at radius 3 is 2.93 bits per heavy atom. The molecule has 146 valence electrons. The van der Waals surface area contributed by atoms with Crippen molar-refractivity contribution in [2.75, 3.05) is 12.0 Å². The molecule has 9 heteroatoms. The van der Waals surface area contributed by atoms with E-state index in [0.717, 1.165) is 66.0 Å². The smallest absolute Gasteiger partial charge is 0.141 e. The lowest BCUT2D eigenvalue weighted by atomic mass is 10.1. The molecule has 5 heterocycles. The van der Waals surface area contributed by atoms with Gasteiger partial charge in [-0.15, -0.1) is 22.7 Å². The quantitative estimate of drug-likeness (QED) is 0.397. The third-order valence-electron chi connectivity index (χ3n) is 5.10. The van der Waals surface area contributed by atoms with E-state index in [0.29, 0.717) is 0 Å². The second-order valence-electron chi connectivity index (χ2n) is 7.17. The summed E-state index contributed by atoms with van der Waals surface area (Å²) in [6.07, 6.45) is 7.58. The number of imidazole rings is 1. The van der Waals surface area contributed by atoms with Crippen LogP contribution in [0.1, 0.15) is 25.6 Å². The third kappa shape index (κ3) is 2.64. The minimum atomic E-state index is -2.49. The zero-order valence-electron chi connectivity index (χ0n) is 15.9. The molecule has 0 aliphatic heterocycles. The predicted octanol–water partition coefficient (Wildman–Crippen LogP) is 4.66. The van der Waals surface area contributed by atoms with Crippen LogP contribution in [0.5, 0.6) is 0 Å². The molecule has 5 rings (SSSR count). The molecule has 0 atom stereocenters. The van der Waals surface area contributed by atoms with E-state index in [9.17, 15) is 4.21 Å². The van der Waals surface area contributed by atoms with E-state index in [4.69, 9.17) is 4.98 Å². The van der Waals surface area contributed by atoms with Gasteiger partial charge < -0.3 is 0 Å². The number of unbranched alkanes of at least 4 members (excludes halogenated alkanes) is 1. The zero-order chi connectivity index (χ0) is 19.5. The number of thiol groups is 1. The van der Waals surface area contributed by atoms with Gasteiger partial charge in [-0.05, 0) is 25.7 Å². The van der Waals surface area contributed by atoms with Gasteiger partial charge in [-0.3, -0.25) is 9.31 Å². The summed E-state index contributed by atoms with van der Waals surface area (Å²) in [6, 6.07) is 2.08. The Bertz CT molecular complexity index is 1360. The van der Waals surface area contributed by atoms with Crippen LogP contribution in [0.15, 0.2) is 28.0 Å². The number of aromatic nitrogens is 5. The summed E-state index contributed by atoms with van der Waals surface area (Å²) < 4.78 is 16.5. The van der Waals surface area contributed by atoms with Crippen LogP contribution in [0.2, 0.25) is 0 Å². The van der Waals surface area contributed by atoms with Gasteiger partial charge in [0.15, 0.2) is 0 Å². The maximum Gasteiger partial charge on any atom is 0.141 e. The van der Waals surface area contributed by atoms with Crippen molar-refractivity contribution in [1.82, 2.24) is 24.6 Å². The van der Waals surface area contributed by atoms with Crippen molar-refractivity contribution >= 4 is 59.2 Å². The second-order valence-corrected chi connectivity index (χ2v) is 12.5. The number of thiazole rings is 1. The van der Waals surface area contributed by atoms with Gasteiger partial charge in [0.1, 0.15) is 21.4 Å². The summed E-state index contributed by atoms with van der Waals surface area (Å²) in [4.78, 5) is 14.7. The number of fused-ring (bicyclic) bond motifs is 2. The van der Waals surface area contributed by atoms with Crippen LogP contribution in [0.3, 0.4) is 0 Å². The standard InChI is InChI=1S/C19H21N5OS3/c1-4-5-8-28(3,25)19-16-15-12(14-10-21-11(2)24(14)23-16)9-13(22-18(15)27-19)17-20-6-7-26-17/h6-7,9-10,23,28H,4-5,8H2,1-3H3. The highest BCUT2D eigenvalue weighted by Gasteiger charge is 2.24. The highest BCUT2D eigenvalue weighted by Crippen LogP contribution is 2.42. The summed E-state index contributed by atoms with van der Waals surface area (Å²) in [5.41, 5.74) is 2.78. The molecule has 0 aliphatic carbocycles. The van der Waals surface area contributed by atoms with Crippen LogP contribution in [0.25, 0.3) is 37.3 Å². The van der Waals surface area contributed by atoms with Gasteiger partial charge >= 0.3 is 0 Å². The average Bonchev–Trinajstić information content (AvgIpc) is 3.41. The van der Waals surface area contributed by atoms with Crippen LogP contribution in [-0.4, -0.2) is 40.8 Å². The number of H-pyrrole nitrogens is 1. The molecule has 0 aliphatic rings. The van der Waals surface area contributed by atoms with Crippen LogP contribution in [0, 0.1) is 6.92 Å². The molecule has 0 amide bonds. The van der Waals surface area contributed by atoms with Crippen molar-refractivity contribution in [3.05, 3.63) is 29.7 Å². The van der Waals surface area contributed by atoms with E-state index >= 15 is 0 Å². The van der Waals surface area contributed by atoms with E-state index in [-0.39, 0.29) is 0 Å². The van der Waals surface area contributed by atoms with Gasteiger partial charge in [-0.2, -0.15) is 0 Å². The van der Waals surface area contributed by atoms with Crippen LogP contribution in [0.4, 0.5) is 0 Å². The Morgan fingerprint density at radius 2 is 2.18 bits per heavy atom. The largest absolute Gasteiger partial charge is 0.290 e. The fraction of sp³-hybridized carbons (Fsp3) is 0.316. The molecule has 1 N–H and O–H groups in total.